The normalized spacial score (nSPS) is 10.9. The average Bonchev–Trinajstić information content (AvgIpc) is 2.74. The van der Waals surface area contributed by atoms with E-state index in [4.69, 9.17) is 0 Å². The number of rotatable bonds is 4. The Morgan fingerprint density at radius 2 is 0.857 bits per heavy atom. The molecule has 0 amide bonds. The molecule has 0 nitrogen and oxygen atoms in total. The van der Waals surface area contributed by atoms with E-state index in [1.54, 1.807) is 0 Å². The summed E-state index contributed by atoms with van der Waals surface area (Å²) in [6, 6.07) is 39.6. The smallest absolute Gasteiger partial charge is 0.195 e. The maximum Gasteiger partial charge on any atom is 1.00 e. The van der Waals surface area contributed by atoms with Crippen LogP contribution in [0.3, 0.4) is 0 Å². The molecule has 0 fully saturated rings. The second-order valence-corrected chi connectivity index (χ2v) is 7.39. The van der Waals surface area contributed by atoms with Crippen LogP contribution in [0.1, 0.15) is 11.1 Å². The van der Waals surface area contributed by atoms with Crippen LogP contribution in [0.25, 0.3) is 0 Å². The van der Waals surface area contributed by atoms with Gasteiger partial charge in [-0.3, -0.25) is 0 Å². The largest absolute Gasteiger partial charge is 1.00 e. The third kappa shape index (κ3) is 3.72. The molecule has 0 N–H and O–H groups in total. The molecule has 0 atom stereocenters. The molecule has 0 bridgehead atoms. The molecule has 4 rings (SSSR count). The van der Waals surface area contributed by atoms with E-state index in [9.17, 15) is 0 Å². The van der Waals surface area contributed by atoms with Gasteiger partial charge in [0.25, 0.3) is 0 Å². The molecule has 0 saturated heterocycles. The molecule has 0 heterocycles. The molecule has 0 unspecified atom stereocenters. The van der Waals surface area contributed by atoms with Gasteiger partial charge in [-0.15, -0.1) is 0 Å². The van der Waals surface area contributed by atoms with Gasteiger partial charge in [-0.2, -0.15) is 21.9 Å². The average molecular weight is 386 g/mol. The summed E-state index contributed by atoms with van der Waals surface area (Å²) >= 11 is 0. The Morgan fingerprint density at radius 1 is 0.464 bits per heavy atom. The van der Waals surface area contributed by atoms with Crippen molar-refractivity contribution in [2.24, 2.45) is 0 Å². The van der Waals surface area contributed by atoms with E-state index >= 15 is 0 Å². The second kappa shape index (κ2) is 9.39. The summed E-state index contributed by atoms with van der Waals surface area (Å²) in [6.07, 6.45) is -1.26. The summed E-state index contributed by atoms with van der Waals surface area (Å²) in [7, 11) is 0. The number of hydrogen-bond acceptors (Lipinski definition) is 0. The standard InChI is InChI=1S/C26H24B.K/c1-21-13-12-20-26(22(21)2)27(23-14-6-3-7-15-23,24-16-8-4-9-17-24)25-18-10-5-11-19-25;/h3-20H,1-2H3;/q-1;+1. The van der Waals surface area contributed by atoms with Gasteiger partial charge in [0.05, 0.1) is 0 Å². The minimum Gasteiger partial charge on any atom is -0.195 e. The molecule has 0 aliphatic carbocycles. The molecular formula is C26H24BK. The number of hydrogen-bond donors (Lipinski definition) is 0. The third-order valence-electron chi connectivity index (χ3n) is 6.01. The fourth-order valence-corrected chi connectivity index (χ4v) is 4.58. The Balaban J connectivity index is 0.00000225. The SMILES string of the molecule is Cc1cccc([B-](c2ccccc2)(c2ccccc2)c2ccccc2)c1C.[K+]. The van der Waals surface area contributed by atoms with E-state index in [0.717, 1.165) is 0 Å². The first-order valence-corrected chi connectivity index (χ1v) is 9.63. The molecule has 28 heavy (non-hydrogen) atoms. The molecule has 0 aromatic heterocycles. The second-order valence-electron chi connectivity index (χ2n) is 7.39. The monoisotopic (exact) mass is 386 g/mol. The first-order chi connectivity index (χ1) is 13.2. The third-order valence-corrected chi connectivity index (χ3v) is 6.01. The maximum absolute atomic E-state index is 2.31. The van der Waals surface area contributed by atoms with E-state index in [-0.39, 0.29) is 51.4 Å². The van der Waals surface area contributed by atoms with Crippen molar-refractivity contribution in [3.8, 4) is 0 Å². The van der Waals surface area contributed by atoms with Gasteiger partial charge in [0.2, 0.25) is 0 Å². The van der Waals surface area contributed by atoms with E-state index in [0.29, 0.717) is 0 Å². The predicted octanol–water partition coefficient (Wildman–Crippen LogP) is 0.685. The van der Waals surface area contributed by atoms with Gasteiger partial charge in [-0.05, 0) is 13.8 Å². The maximum atomic E-state index is 2.31. The topological polar surface area (TPSA) is 0 Å². The molecule has 0 aliphatic rings. The summed E-state index contributed by atoms with van der Waals surface area (Å²) in [4.78, 5) is 0. The zero-order chi connectivity index (χ0) is 18.7. The number of aryl methyl sites for hydroxylation is 1. The Hall–Kier alpha value is -1.42. The van der Waals surface area contributed by atoms with Crippen LogP contribution in [0.2, 0.25) is 0 Å². The van der Waals surface area contributed by atoms with E-state index in [2.05, 4.69) is 123 Å². The van der Waals surface area contributed by atoms with E-state index in [1.165, 1.54) is 33.0 Å². The molecule has 0 radical (unpaired) electrons. The van der Waals surface area contributed by atoms with Crippen LogP contribution >= 0.6 is 0 Å². The molecule has 4 aromatic carbocycles. The Morgan fingerprint density at radius 3 is 1.25 bits per heavy atom. The molecular weight excluding hydrogens is 362 g/mol. The Labute approximate surface area is 211 Å². The minimum absolute atomic E-state index is 0. The summed E-state index contributed by atoms with van der Waals surface area (Å²) in [5, 5.41) is 0. The fraction of sp³-hybridized carbons (Fsp3) is 0.0769. The Bertz CT molecular complexity index is 931. The summed E-state index contributed by atoms with van der Waals surface area (Å²) in [6.45, 7) is 4.47. The van der Waals surface area contributed by atoms with Gasteiger partial charge in [0.15, 0.2) is 0 Å². The molecule has 0 aliphatic heterocycles. The van der Waals surface area contributed by atoms with Gasteiger partial charge in [0.1, 0.15) is 6.15 Å². The zero-order valence-electron chi connectivity index (χ0n) is 17.0. The van der Waals surface area contributed by atoms with Gasteiger partial charge in [0, 0.05) is 0 Å². The van der Waals surface area contributed by atoms with Crippen LogP contribution < -0.4 is 73.2 Å². The van der Waals surface area contributed by atoms with Gasteiger partial charge in [-0.1, -0.05) is 120 Å². The van der Waals surface area contributed by atoms with Crippen molar-refractivity contribution in [2.75, 3.05) is 0 Å². The van der Waals surface area contributed by atoms with Gasteiger partial charge >= 0.3 is 51.4 Å². The van der Waals surface area contributed by atoms with Crippen molar-refractivity contribution in [3.05, 3.63) is 120 Å². The first-order valence-electron chi connectivity index (χ1n) is 9.63. The van der Waals surface area contributed by atoms with Crippen molar-refractivity contribution in [2.45, 2.75) is 13.8 Å². The van der Waals surface area contributed by atoms with Crippen molar-refractivity contribution in [1.82, 2.24) is 0 Å². The van der Waals surface area contributed by atoms with Crippen LogP contribution in [0.4, 0.5) is 0 Å². The summed E-state index contributed by atoms with van der Waals surface area (Å²) in [5.41, 5.74) is 8.16. The zero-order valence-corrected chi connectivity index (χ0v) is 20.1. The van der Waals surface area contributed by atoms with Crippen LogP contribution in [-0.2, 0) is 0 Å². The quantitative estimate of drug-likeness (QED) is 0.453. The van der Waals surface area contributed by atoms with Crippen molar-refractivity contribution >= 4 is 28.0 Å². The molecule has 4 aromatic rings. The first kappa shape index (κ1) is 21.3. The van der Waals surface area contributed by atoms with Gasteiger partial charge < -0.3 is 0 Å². The van der Waals surface area contributed by atoms with Crippen molar-refractivity contribution in [3.63, 3.8) is 0 Å². The fourth-order valence-electron chi connectivity index (χ4n) is 4.58. The molecule has 0 spiro atoms. The van der Waals surface area contributed by atoms with Crippen molar-refractivity contribution in [1.29, 1.82) is 0 Å². The van der Waals surface area contributed by atoms with Crippen LogP contribution in [0, 0.1) is 13.8 Å². The summed E-state index contributed by atoms with van der Waals surface area (Å²) < 4.78 is 0. The minimum atomic E-state index is -1.26. The van der Waals surface area contributed by atoms with Crippen molar-refractivity contribution < 1.29 is 51.4 Å². The van der Waals surface area contributed by atoms with Crippen LogP contribution in [-0.4, -0.2) is 6.15 Å². The van der Waals surface area contributed by atoms with Crippen LogP contribution in [0.15, 0.2) is 109 Å². The summed E-state index contributed by atoms with van der Waals surface area (Å²) in [5.74, 6) is 0. The predicted molar refractivity (Wildman–Crippen MR) is 120 cm³/mol. The van der Waals surface area contributed by atoms with Gasteiger partial charge in [-0.25, -0.2) is 0 Å². The molecule has 132 valence electrons. The van der Waals surface area contributed by atoms with E-state index in [1.807, 2.05) is 0 Å². The Kier molecular flexibility index (Phi) is 7.14. The molecule has 2 heteroatoms. The van der Waals surface area contributed by atoms with E-state index < -0.39 is 6.15 Å². The van der Waals surface area contributed by atoms with Crippen LogP contribution in [0.5, 0.6) is 0 Å². The molecule has 0 saturated carbocycles. The number of benzene rings is 4.